The molecule has 2 aromatic carbocycles. The fourth-order valence-corrected chi connectivity index (χ4v) is 3.88. The molecule has 0 fully saturated rings. The van der Waals surface area contributed by atoms with E-state index in [4.69, 9.17) is 4.74 Å². The Labute approximate surface area is 178 Å². The Balaban J connectivity index is 1.48. The van der Waals surface area contributed by atoms with Crippen molar-refractivity contribution in [2.24, 2.45) is 0 Å². The maximum absolute atomic E-state index is 12.4. The Morgan fingerprint density at radius 1 is 1.07 bits per heavy atom. The van der Waals surface area contributed by atoms with Crippen molar-refractivity contribution in [2.45, 2.75) is 18.3 Å². The number of fused-ring (bicyclic) bond motifs is 1. The van der Waals surface area contributed by atoms with E-state index in [0.29, 0.717) is 28.8 Å². The summed E-state index contributed by atoms with van der Waals surface area (Å²) in [5.41, 5.74) is 1.49. The number of ether oxygens (including phenoxy) is 1. The van der Waals surface area contributed by atoms with Gasteiger partial charge in [-0.1, -0.05) is 66.4 Å². The van der Waals surface area contributed by atoms with Crippen molar-refractivity contribution in [1.29, 1.82) is 0 Å². The zero-order valence-corrected chi connectivity index (χ0v) is 17.1. The van der Waals surface area contributed by atoms with Crippen LogP contribution < -0.4 is 4.74 Å². The number of Topliss-reactive ketones (excluding diaryl/α,β-unsaturated/α-hetero) is 1. The summed E-state index contributed by atoms with van der Waals surface area (Å²) in [6, 6.07) is 18.9. The first-order valence-electron chi connectivity index (χ1n) is 9.47. The summed E-state index contributed by atoms with van der Waals surface area (Å²) in [7, 11) is 0. The molecular formula is C23H20N4O2S. The average molecular weight is 417 g/mol. The SMILES string of the molecule is C=CCn1c(COc2cccc3cccnc23)nnc1SCC(=O)c1ccccc1. The van der Waals surface area contributed by atoms with Crippen LogP contribution in [0.3, 0.4) is 0 Å². The van der Waals surface area contributed by atoms with E-state index in [1.165, 1.54) is 11.8 Å². The van der Waals surface area contributed by atoms with Gasteiger partial charge in [-0.3, -0.25) is 14.3 Å². The number of aromatic nitrogens is 4. The molecule has 0 N–H and O–H groups in total. The summed E-state index contributed by atoms with van der Waals surface area (Å²) in [6.07, 6.45) is 3.52. The molecule has 2 aromatic heterocycles. The molecule has 0 saturated heterocycles. The highest BCUT2D eigenvalue weighted by Gasteiger charge is 2.15. The Hall–Kier alpha value is -3.45. The Morgan fingerprint density at radius 3 is 2.73 bits per heavy atom. The number of pyridine rings is 1. The van der Waals surface area contributed by atoms with Crippen LogP contribution in [0, 0.1) is 0 Å². The summed E-state index contributed by atoms with van der Waals surface area (Å²) < 4.78 is 7.92. The molecule has 7 heteroatoms. The lowest BCUT2D eigenvalue weighted by molar-refractivity contribution is 0.102. The van der Waals surface area contributed by atoms with Gasteiger partial charge in [0.15, 0.2) is 16.8 Å². The molecule has 0 atom stereocenters. The van der Waals surface area contributed by atoms with Gasteiger partial charge < -0.3 is 4.74 Å². The topological polar surface area (TPSA) is 69.9 Å². The third-order valence-electron chi connectivity index (χ3n) is 4.49. The van der Waals surface area contributed by atoms with Gasteiger partial charge in [0.2, 0.25) is 0 Å². The van der Waals surface area contributed by atoms with Crippen LogP contribution in [0.25, 0.3) is 10.9 Å². The maximum atomic E-state index is 12.4. The van der Waals surface area contributed by atoms with Crippen molar-refractivity contribution >= 4 is 28.4 Å². The molecular weight excluding hydrogens is 396 g/mol. The van der Waals surface area contributed by atoms with Crippen LogP contribution in [0.1, 0.15) is 16.2 Å². The summed E-state index contributed by atoms with van der Waals surface area (Å²) in [4.78, 5) is 16.8. The number of hydrogen-bond acceptors (Lipinski definition) is 6. The highest BCUT2D eigenvalue weighted by Crippen LogP contribution is 2.25. The van der Waals surface area contributed by atoms with Crippen molar-refractivity contribution < 1.29 is 9.53 Å². The smallest absolute Gasteiger partial charge is 0.192 e. The van der Waals surface area contributed by atoms with E-state index in [0.717, 1.165) is 10.9 Å². The largest absolute Gasteiger partial charge is 0.483 e. The number of hydrogen-bond donors (Lipinski definition) is 0. The summed E-state index contributed by atoms with van der Waals surface area (Å²) >= 11 is 1.36. The Kier molecular flexibility index (Phi) is 6.20. The van der Waals surface area contributed by atoms with Crippen molar-refractivity contribution in [3.63, 3.8) is 0 Å². The highest BCUT2D eigenvalue weighted by atomic mass is 32.2. The van der Waals surface area contributed by atoms with Gasteiger partial charge in [0.05, 0.1) is 5.75 Å². The van der Waals surface area contributed by atoms with E-state index in [1.54, 1.807) is 12.3 Å². The number of para-hydroxylation sites is 1. The van der Waals surface area contributed by atoms with Gasteiger partial charge in [0.1, 0.15) is 17.9 Å². The van der Waals surface area contributed by atoms with Crippen molar-refractivity contribution in [3.8, 4) is 5.75 Å². The number of ketones is 1. The Morgan fingerprint density at radius 2 is 1.90 bits per heavy atom. The second kappa shape index (κ2) is 9.37. The third kappa shape index (κ3) is 4.41. The van der Waals surface area contributed by atoms with Gasteiger partial charge in [-0.25, -0.2) is 0 Å². The second-order valence-electron chi connectivity index (χ2n) is 6.50. The van der Waals surface area contributed by atoms with Gasteiger partial charge in [0, 0.05) is 23.7 Å². The van der Waals surface area contributed by atoms with Crippen LogP contribution in [-0.2, 0) is 13.2 Å². The lowest BCUT2D eigenvalue weighted by Gasteiger charge is -2.10. The number of allylic oxidation sites excluding steroid dienone is 1. The average Bonchev–Trinajstić information content (AvgIpc) is 3.18. The highest BCUT2D eigenvalue weighted by molar-refractivity contribution is 7.99. The zero-order chi connectivity index (χ0) is 20.8. The summed E-state index contributed by atoms with van der Waals surface area (Å²) in [5.74, 6) is 1.69. The Bertz CT molecular complexity index is 1170. The van der Waals surface area contributed by atoms with Gasteiger partial charge >= 0.3 is 0 Å². The van der Waals surface area contributed by atoms with Crippen LogP contribution in [0.15, 0.2) is 84.7 Å². The monoisotopic (exact) mass is 416 g/mol. The van der Waals surface area contributed by atoms with E-state index >= 15 is 0 Å². The normalized spacial score (nSPS) is 10.8. The molecule has 6 nitrogen and oxygen atoms in total. The van der Waals surface area contributed by atoms with Crippen molar-refractivity contribution in [2.75, 3.05) is 5.75 Å². The number of thioether (sulfide) groups is 1. The molecule has 0 unspecified atom stereocenters. The molecule has 0 aliphatic carbocycles. The first kappa shape index (κ1) is 19.8. The van der Waals surface area contributed by atoms with Gasteiger partial charge in [-0.2, -0.15) is 0 Å². The zero-order valence-electron chi connectivity index (χ0n) is 16.3. The number of nitrogens with zero attached hydrogens (tertiary/aromatic N) is 4. The molecule has 0 aliphatic rings. The number of carbonyl (C=O) groups excluding carboxylic acids is 1. The fraction of sp³-hybridized carbons (Fsp3) is 0.130. The lowest BCUT2D eigenvalue weighted by atomic mass is 10.2. The number of carbonyl (C=O) groups is 1. The number of benzene rings is 2. The van der Waals surface area contributed by atoms with Crippen molar-refractivity contribution in [3.05, 3.63) is 90.9 Å². The minimum absolute atomic E-state index is 0.0494. The fourth-order valence-electron chi connectivity index (χ4n) is 3.02. The quantitative estimate of drug-likeness (QED) is 0.226. The van der Waals surface area contributed by atoms with E-state index < -0.39 is 0 Å². The third-order valence-corrected chi connectivity index (χ3v) is 5.45. The van der Waals surface area contributed by atoms with E-state index in [-0.39, 0.29) is 18.1 Å². The standard InChI is InChI=1S/C23H20N4O2S/c1-2-14-27-21(15-29-20-12-6-10-18-11-7-13-24-22(18)20)25-26-23(27)30-16-19(28)17-8-4-3-5-9-17/h2-13H,1,14-16H2. The maximum Gasteiger partial charge on any atom is 0.192 e. The predicted molar refractivity (Wildman–Crippen MR) is 118 cm³/mol. The molecule has 0 aliphatic heterocycles. The molecule has 150 valence electrons. The van der Waals surface area contributed by atoms with E-state index in [1.807, 2.05) is 65.2 Å². The molecule has 4 aromatic rings. The van der Waals surface area contributed by atoms with Crippen LogP contribution in [0.2, 0.25) is 0 Å². The molecule has 0 saturated carbocycles. The van der Waals surface area contributed by atoms with Crippen LogP contribution in [-0.4, -0.2) is 31.3 Å². The second-order valence-corrected chi connectivity index (χ2v) is 7.44. The molecule has 2 heterocycles. The number of rotatable bonds is 9. The predicted octanol–water partition coefficient (Wildman–Crippen LogP) is 4.57. The van der Waals surface area contributed by atoms with Gasteiger partial charge in [-0.15, -0.1) is 16.8 Å². The molecule has 4 rings (SSSR count). The summed E-state index contributed by atoms with van der Waals surface area (Å²) in [5, 5.41) is 10.2. The lowest BCUT2D eigenvalue weighted by Crippen LogP contribution is -2.09. The summed E-state index contributed by atoms with van der Waals surface area (Å²) in [6.45, 7) is 4.59. The van der Waals surface area contributed by atoms with Crippen molar-refractivity contribution in [1.82, 2.24) is 19.7 Å². The molecule has 0 bridgehead atoms. The first-order chi connectivity index (χ1) is 14.8. The van der Waals surface area contributed by atoms with Crippen LogP contribution in [0.5, 0.6) is 5.75 Å². The van der Waals surface area contributed by atoms with Gasteiger partial charge in [0.25, 0.3) is 0 Å². The molecule has 30 heavy (non-hydrogen) atoms. The molecule has 0 spiro atoms. The van der Waals surface area contributed by atoms with E-state index in [2.05, 4.69) is 21.8 Å². The van der Waals surface area contributed by atoms with Crippen LogP contribution >= 0.6 is 11.8 Å². The molecule has 0 amide bonds. The van der Waals surface area contributed by atoms with E-state index in [9.17, 15) is 4.79 Å². The minimum Gasteiger partial charge on any atom is -0.483 e. The van der Waals surface area contributed by atoms with Crippen LogP contribution in [0.4, 0.5) is 0 Å². The van der Waals surface area contributed by atoms with Gasteiger partial charge in [-0.05, 0) is 12.1 Å². The molecule has 0 radical (unpaired) electrons. The minimum atomic E-state index is 0.0494. The first-order valence-corrected chi connectivity index (χ1v) is 10.5.